The first kappa shape index (κ1) is 40.0. The van der Waals surface area contributed by atoms with Gasteiger partial charge in [0.05, 0.1) is 6.10 Å². The molecule has 0 bridgehead atoms. The minimum absolute atomic E-state index is 0.130. The SMILES string of the molecule is CC(=O)N[C@H]1[C@@H](O[C@H]2CC[C@@]3(C)[C@@H](CC[C@@H]4[C@@H]3CC[C@]3(C)[C@@H]([C@H](C)CCCC(C)C)CC[C@@H]43)C2)O[C@H](COC(C)=O)[C@@H](OC(C)=O)[C@@H]1OC(C)=O. The third-order valence-corrected chi connectivity index (χ3v) is 14.2. The molecule has 0 spiro atoms. The van der Waals surface area contributed by atoms with E-state index in [4.69, 9.17) is 23.7 Å². The predicted octanol–water partition coefficient (Wildman–Crippen LogP) is 7.15. The van der Waals surface area contributed by atoms with Crippen LogP contribution in [-0.4, -0.2) is 67.2 Å². The fourth-order valence-corrected chi connectivity index (χ4v) is 12.0. The molecule has 51 heavy (non-hydrogen) atoms. The van der Waals surface area contributed by atoms with Crippen molar-refractivity contribution in [1.82, 2.24) is 5.32 Å². The summed E-state index contributed by atoms with van der Waals surface area (Å²) < 4.78 is 29.7. The van der Waals surface area contributed by atoms with Gasteiger partial charge in [0.25, 0.3) is 0 Å². The van der Waals surface area contributed by atoms with Gasteiger partial charge in [-0.15, -0.1) is 0 Å². The summed E-state index contributed by atoms with van der Waals surface area (Å²) in [5.74, 6) is 3.18. The molecule has 4 aliphatic carbocycles. The van der Waals surface area contributed by atoms with E-state index in [9.17, 15) is 19.2 Å². The van der Waals surface area contributed by atoms with Crippen LogP contribution >= 0.6 is 0 Å². The molecule has 4 saturated carbocycles. The number of amides is 1. The van der Waals surface area contributed by atoms with E-state index in [-0.39, 0.29) is 24.0 Å². The Morgan fingerprint density at radius 1 is 0.784 bits per heavy atom. The Balaban J connectivity index is 1.29. The van der Waals surface area contributed by atoms with Crippen molar-refractivity contribution in [3.63, 3.8) is 0 Å². The van der Waals surface area contributed by atoms with Crippen molar-refractivity contribution in [2.75, 3.05) is 6.61 Å². The van der Waals surface area contributed by atoms with E-state index in [1.807, 2.05) is 0 Å². The maximum absolute atomic E-state index is 12.5. The fraction of sp³-hybridized carbons (Fsp3) is 0.902. The van der Waals surface area contributed by atoms with E-state index in [0.717, 1.165) is 54.8 Å². The van der Waals surface area contributed by atoms with E-state index in [0.29, 0.717) is 11.3 Å². The minimum atomic E-state index is -1.12. The molecular formula is C41H67NO9. The highest BCUT2D eigenvalue weighted by atomic mass is 16.7. The van der Waals surface area contributed by atoms with E-state index < -0.39 is 48.6 Å². The Kier molecular flexibility index (Phi) is 12.9. The first-order valence-electron chi connectivity index (χ1n) is 20.1. The van der Waals surface area contributed by atoms with Crippen LogP contribution in [0.5, 0.6) is 0 Å². The van der Waals surface area contributed by atoms with E-state index in [1.165, 1.54) is 85.5 Å². The van der Waals surface area contributed by atoms with Gasteiger partial charge >= 0.3 is 17.9 Å². The molecular weight excluding hydrogens is 650 g/mol. The lowest BCUT2D eigenvalue weighted by atomic mass is 9.44. The van der Waals surface area contributed by atoms with Gasteiger partial charge in [-0.1, -0.05) is 53.9 Å². The minimum Gasteiger partial charge on any atom is -0.463 e. The zero-order chi connectivity index (χ0) is 37.2. The summed E-state index contributed by atoms with van der Waals surface area (Å²) >= 11 is 0. The molecule has 0 unspecified atom stereocenters. The first-order valence-corrected chi connectivity index (χ1v) is 20.1. The molecule has 1 heterocycles. The van der Waals surface area contributed by atoms with Crippen LogP contribution in [0, 0.1) is 52.3 Å². The number of hydrogen-bond donors (Lipinski definition) is 1. The number of esters is 3. The molecule has 1 amide bonds. The monoisotopic (exact) mass is 717 g/mol. The third kappa shape index (κ3) is 8.79. The summed E-state index contributed by atoms with van der Waals surface area (Å²) in [6.45, 7) is 17.4. The number of fused-ring (bicyclic) bond motifs is 5. The number of nitrogens with one attached hydrogen (secondary N) is 1. The molecule has 10 nitrogen and oxygen atoms in total. The van der Waals surface area contributed by atoms with Gasteiger partial charge in [0.1, 0.15) is 18.8 Å². The Morgan fingerprint density at radius 2 is 1.45 bits per heavy atom. The quantitative estimate of drug-likeness (QED) is 0.127. The lowest BCUT2D eigenvalue weighted by Crippen LogP contribution is -2.67. The van der Waals surface area contributed by atoms with Crippen molar-refractivity contribution in [2.45, 2.75) is 176 Å². The van der Waals surface area contributed by atoms with Gasteiger partial charge in [0.15, 0.2) is 18.5 Å². The van der Waals surface area contributed by atoms with Gasteiger partial charge in [-0.3, -0.25) is 19.2 Å². The standard InChI is InChI=1S/C41H67NO9/c1-23(2)11-10-12-24(3)32-15-16-33-31-14-13-29-21-30(17-19-40(29,8)34(31)18-20-41(32,33)9)50-39-36(42-25(4)43)38(49-28(7)46)37(48-27(6)45)35(51-39)22-47-26(5)44/h23-24,29-39H,10-22H2,1-9H3,(H,42,43)/t24-,29+,30+,31+,32-,33+,34+,35-,36-,37-,38-,39+,40+,41-/m1/s1. The number of ether oxygens (including phenoxy) is 5. The van der Waals surface area contributed by atoms with Crippen LogP contribution in [0.4, 0.5) is 0 Å². The molecule has 10 heteroatoms. The summed E-state index contributed by atoms with van der Waals surface area (Å²) in [5, 5.41) is 2.85. The van der Waals surface area contributed by atoms with Crippen molar-refractivity contribution < 1.29 is 42.9 Å². The Morgan fingerprint density at radius 3 is 2.10 bits per heavy atom. The lowest BCUT2D eigenvalue weighted by Gasteiger charge is -2.61. The maximum atomic E-state index is 12.5. The van der Waals surface area contributed by atoms with Crippen molar-refractivity contribution in [2.24, 2.45) is 52.3 Å². The number of carbonyl (C=O) groups excluding carboxylic acids is 4. The van der Waals surface area contributed by atoms with Crippen LogP contribution in [0.1, 0.15) is 139 Å². The zero-order valence-electron chi connectivity index (χ0n) is 32.9. The van der Waals surface area contributed by atoms with E-state index in [1.54, 1.807) is 0 Å². The molecule has 0 aromatic rings. The summed E-state index contributed by atoms with van der Waals surface area (Å²) in [5.41, 5.74) is 0.720. The summed E-state index contributed by atoms with van der Waals surface area (Å²) in [4.78, 5) is 48.7. The second-order valence-electron chi connectivity index (χ2n) is 17.9. The highest BCUT2D eigenvalue weighted by Gasteiger charge is 2.61. The van der Waals surface area contributed by atoms with Crippen LogP contribution in [-0.2, 0) is 42.9 Å². The van der Waals surface area contributed by atoms with Crippen LogP contribution in [0.2, 0.25) is 0 Å². The first-order chi connectivity index (χ1) is 24.0. The van der Waals surface area contributed by atoms with Crippen molar-refractivity contribution >= 4 is 23.8 Å². The van der Waals surface area contributed by atoms with Gasteiger partial charge in [-0.2, -0.15) is 0 Å². The molecule has 5 aliphatic rings. The molecule has 14 atom stereocenters. The molecule has 5 rings (SSSR count). The number of hydrogen-bond acceptors (Lipinski definition) is 9. The second-order valence-corrected chi connectivity index (χ2v) is 17.9. The molecule has 1 saturated heterocycles. The van der Waals surface area contributed by atoms with Gasteiger partial charge in [0.2, 0.25) is 5.91 Å². The average Bonchev–Trinajstić information content (AvgIpc) is 3.39. The molecule has 5 fully saturated rings. The predicted molar refractivity (Wildman–Crippen MR) is 192 cm³/mol. The van der Waals surface area contributed by atoms with Crippen molar-refractivity contribution in [1.29, 1.82) is 0 Å². The molecule has 0 aromatic heterocycles. The molecule has 290 valence electrons. The number of rotatable bonds is 12. The van der Waals surface area contributed by atoms with Crippen LogP contribution in [0.15, 0.2) is 0 Å². The van der Waals surface area contributed by atoms with Crippen LogP contribution in [0.25, 0.3) is 0 Å². The Hall–Kier alpha value is -2.20. The summed E-state index contributed by atoms with van der Waals surface area (Å²) in [7, 11) is 0. The largest absolute Gasteiger partial charge is 0.463 e. The second kappa shape index (κ2) is 16.4. The molecule has 0 radical (unpaired) electrons. The fourth-order valence-electron chi connectivity index (χ4n) is 12.0. The van der Waals surface area contributed by atoms with Gasteiger partial charge in [-0.05, 0) is 110 Å². The molecule has 0 aromatic carbocycles. The Labute approximate surface area is 306 Å². The van der Waals surface area contributed by atoms with Crippen molar-refractivity contribution in [3.8, 4) is 0 Å². The topological polar surface area (TPSA) is 126 Å². The van der Waals surface area contributed by atoms with E-state index >= 15 is 0 Å². The zero-order valence-corrected chi connectivity index (χ0v) is 32.9. The average molecular weight is 718 g/mol. The van der Waals surface area contributed by atoms with Gasteiger partial charge in [-0.25, -0.2) is 0 Å². The van der Waals surface area contributed by atoms with Crippen LogP contribution in [0.3, 0.4) is 0 Å². The van der Waals surface area contributed by atoms with Gasteiger partial charge in [0, 0.05) is 27.7 Å². The summed E-state index contributed by atoms with van der Waals surface area (Å²) in [6.07, 6.45) is 10.5. The molecule has 1 N–H and O–H groups in total. The normalized spacial score (nSPS) is 41.0. The highest BCUT2D eigenvalue weighted by molar-refractivity contribution is 5.73. The van der Waals surface area contributed by atoms with Crippen LogP contribution < -0.4 is 5.32 Å². The summed E-state index contributed by atoms with van der Waals surface area (Å²) in [6, 6.07) is -0.938. The highest BCUT2D eigenvalue weighted by Crippen LogP contribution is 2.68. The van der Waals surface area contributed by atoms with E-state index in [2.05, 4.69) is 39.9 Å². The smallest absolute Gasteiger partial charge is 0.303 e. The lowest BCUT2D eigenvalue weighted by molar-refractivity contribution is -0.293. The van der Waals surface area contributed by atoms with Gasteiger partial charge < -0.3 is 29.0 Å². The van der Waals surface area contributed by atoms with Crippen molar-refractivity contribution in [3.05, 3.63) is 0 Å². The third-order valence-electron chi connectivity index (χ3n) is 14.2. The Bertz CT molecular complexity index is 1260. The maximum Gasteiger partial charge on any atom is 0.303 e. The number of carbonyl (C=O) groups is 4. The molecule has 1 aliphatic heterocycles.